The number of aliphatic hydroxyl groups excluding tert-OH is 4. The lowest BCUT2D eigenvalue weighted by atomic mass is 10.00. The highest BCUT2D eigenvalue weighted by Crippen LogP contribution is 2.13. The number of aliphatic carboxylic acids is 1. The number of rotatable bonds is 18. The van der Waals surface area contributed by atoms with Crippen LogP contribution in [-0.4, -0.2) is 67.9 Å². The third-order valence-electron chi connectivity index (χ3n) is 5.05. The van der Waals surface area contributed by atoms with Crippen molar-refractivity contribution >= 4 is 11.9 Å². The van der Waals surface area contributed by atoms with E-state index in [0.717, 1.165) is 51.9 Å². The molecule has 30 heavy (non-hydrogen) atoms. The first-order valence-electron chi connectivity index (χ1n) is 11.1. The third-order valence-corrected chi connectivity index (χ3v) is 5.05. The van der Waals surface area contributed by atoms with Gasteiger partial charge in [0.15, 0.2) is 6.04 Å². The van der Waals surface area contributed by atoms with Crippen molar-refractivity contribution in [3.63, 3.8) is 0 Å². The average Bonchev–Trinajstić information content (AvgIpc) is 2.69. The Kier molecular flexibility index (Phi) is 16.4. The number of hydrogen-bond donors (Lipinski definition) is 6. The van der Waals surface area contributed by atoms with Crippen molar-refractivity contribution < 1.29 is 35.1 Å². The van der Waals surface area contributed by atoms with E-state index in [-0.39, 0.29) is 6.10 Å². The topological polar surface area (TPSA) is 147 Å². The van der Waals surface area contributed by atoms with Crippen LogP contribution in [0.4, 0.5) is 0 Å². The van der Waals surface area contributed by atoms with Crippen LogP contribution in [0, 0.1) is 0 Å². The van der Waals surface area contributed by atoms with Crippen molar-refractivity contribution in [3.8, 4) is 0 Å². The molecule has 0 radical (unpaired) electrons. The molecule has 0 aromatic rings. The molecular formula is C22H41NO7. The van der Waals surface area contributed by atoms with E-state index in [9.17, 15) is 30.0 Å². The van der Waals surface area contributed by atoms with Gasteiger partial charge in [-0.1, -0.05) is 64.0 Å². The number of carbonyl (C=O) groups is 2. The molecule has 0 aliphatic heterocycles. The van der Waals surface area contributed by atoms with E-state index in [1.807, 2.05) is 5.32 Å². The molecule has 1 amide bonds. The number of amides is 1. The molecule has 5 atom stereocenters. The van der Waals surface area contributed by atoms with Crippen LogP contribution in [0.2, 0.25) is 0 Å². The van der Waals surface area contributed by atoms with Gasteiger partial charge in [-0.05, 0) is 25.7 Å². The van der Waals surface area contributed by atoms with E-state index in [4.69, 9.17) is 5.11 Å². The Morgan fingerprint density at radius 2 is 1.43 bits per heavy atom. The van der Waals surface area contributed by atoms with Crippen LogP contribution in [0.25, 0.3) is 0 Å². The van der Waals surface area contributed by atoms with Gasteiger partial charge in [-0.25, -0.2) is 4.79 Å². The second kappa shape index (κ2) is 17.2. The van der Waals surface area contributed by atoms with Gasteiger partial charge < -0.3 is 30.8 Å². The van der Waals surface area contributed by atoms with Crippen molar-refractivity contribution in [1.29, 1.82) is 0 Å². The first-order valence-corrected chi connectivity index (χ1v) is 11.1. The Morgan fingerprint density at radius 3 is 1.97 bits per heavy atom. The van der Waals surface area contributed by atoms with Gasteiger partial charge in [-0.2, -0.15) is 0 Å². The number of aliphatic hydroxyl groups is 4. The van der Waals surface area contributed by atoms with E-state index in [2.05, 4.69) is 6.92 Å². The van der Waals surface area contributed by atoms with E-state index in [0.29, 0.717) is 6.42 Å². The first-order chi connectivity index (χ1) is 14.2. The van der Waals surface area contributed by atoms with Gasteiger partial charge in [0, 0.05) is 6.92 Å². The van der Waals surface area contributed by atoms with E-state index >= 15 is 0 Å². The van der Waals surface area contributed by atoms with Gasteiger partial charge in [0.25, 0.3) is 0 Å². The summed E-state index contributed by atoms with van der Waals surface area (Å²) in [5.74, 6) is -2.17. The Bertz CT molecular complexity index is 498. The van der Waals surface area contributed by atoms with Gasteiger partial charge >= 0.3 is 5.97 Å². The maximum Gasteiger partial charge on any atom is 0.329 e. The highest BCUT2D eigenvalue weighted by molar-refractivity contribution is 5.82. The molecule has 0 aromatic heterocycles. The van der Waals surface area contributed by atoms with E-state index in [1.165, 1.54) is 25.3 Å². The molecule has 8 heteroatoms. The molecule has 0 heterocycles. The molecule has 0 bridgehead atoms. The van der Waals surface area contributed by atoms with Crippen molar-refractivity contribution in [2.75, 3.05) is 0 Å². The summed E-state index contributed by atoms with van der Waals surface area (Å²) in [6, 6.07) is -1.71. The molecule has 6 N–H and O–H groups in total. The van der Waals surface area contributed by atoms with Crippen molar-refractivity contribution in [2.24, 2.45) is 0 Å². The lowest BCUT2D eigenvalue weighted by Gasteiger charge is -2.26. The van der Waals surface area contributed by atoms with Crippen LogP contribution in [0.15, 0.2) is 12.2 Å². The summed E-state index contributed by atoms with van der Waals surface area (Å²) in [7, 11) is 0. The molecule has 0 rings (SSSR count). The Morgan fingerprint density at radius 1 is 0.867 bits per heavy atom. The Hall–Kier alpha value is -1.48. The SMILES string of the molecule is CCCCCCC(O)CCCCCC/C=C/[C@H](O)[C@@H](O)[C@H](O)[C@H](NC(C)=O)C(=O)O. The predicted octanol–water partition coefficient (Wildman–Crippen LogP) is 1.89. The minimum absolute atomic E-state index is 0.211. The van der Waals surface area contributed by atoms with Gasteiger partial charge in [0.2, 0.25) is 5.91 Å². The monoisotopic (exact) mass is 431 g/mol. The molecular weight excluding hydrogens is 390 g/mol. The molecule has 1 unspecified atom stereocenters. The number of unbranched alkanes of at least 4 members (excludes halogenated alkanes) is 7. The van der Waals surface area contributed by atoms with Crippen LogP contribution in [-0.2, 0) is 9.59 Å². The predicted molar refractivity (Wildman–Crippen MR) is 115 cm³/mol. The average molecular weight is 432 g/mol. The number of nitrogens with one attached hydrogen (secondary N) is 1. The summed E-state index contributed by atoms with van der Waals surface area (Å²) in [6.45, 7) is 3.26. The Balaban J connectivity index is 4.01. The van der Waals surface area contributed by atoms with Crippen LogP contribution in [0.1, 0.15) is 84.5 Å². The molecule has 0 spiro atoms. The minimum atomic E-state index is -1.85. The highest BCUT2D eigenvalue weighted by Gasteiger charge is 2.35. The summed E-state index contributed by atoms with van der Waals surface area (Å²) in [4.78, 5) is 22.1. The molecule has 0 aromatic carbocycles. The second-order valence-electron chi connectivity index (χ2n) is 7.91. The maximum absolute atomic E-state index is 11.1. The fraction of sp³-hybridized carbons (Fsp3) is 0.818. The molecule has 0 aliphatic carbocycles. The van der Waals surface area contributed by atoms with E-state index in [1.54, 1.807) is 6.08 Å². The Labute approximate surface area is 180 Å². The van der Waals surface area contributed by atoms with Gasteiger partial charge in [-0.3, -0.25) is 4.79 Å². The standard InChI is InChI=1S/C22H41NO7/c1-3-4-5-10-13-17(25)14-11-8-6-7-9-12-15-18(26)20(27)21(28)19(22(29)30)23-16(2)24/h12,15,17-21,25-28H,3-11,13-14H2,1-2H3,(H,23,24)(H,29,30)/b15-12+/t17?,18-,19-,20+,21+/m0/s1. The smallest absolute Gasteiger partial charge is 0.329 e. The maximum atomic E-state index is 11.1. The van der Waals surface area contributed by atoms with Crippen LogP contribution >= 0.6 is 0 Å². The van der Waals surface area contributed by atoms with Crippen molar-refractivity contribution in [2.45, 2.75) is 115 Å². The van der Waals surface area contributed by atoms with E-state index < -0.39 is 36.2 Å². The van der Waals surface area contributed by atoms with Gasteiger partial charge in [-0.15, -0.1) is 0 Å². The fourth-order valence-electron chi connectivity index (χ4n) is 3.21. The molecule has 176 valence electrons. The molecule has 8 nitrogen and oxygen atoms in total. The van der Waals surface area contributed by atoms with Crippen LogP contribution in [0.3, 0.4) is 0 Å². The molecule has 0 fully saturated rings. The zero-order chi connectivity index (χ0) is 22.9. The molecule has 0 saturated carbocycles. The summed E-state index contributed by atoms with van der Waals surface area (Å²) >= 11 is 0. The summed E-state index contributed by atoms with van der Waals surface area (Å²) in [5, 5.41) is 50.8. The number of allylic oxidation sites excluding steroid dienone is 1. The largest absolute Gasteiger partial charge is 0.480 e. The van der Waals surface area contributed by atoms with Crippen molar-refractivity contribution in [1.82, 2.24) is 5.32 Å². The van der Waals surface area contributed by atoms with Crippen LogP contribution in [0.5, 0.6) is 0 Å². The summed E-state index contributed by atoms with van der Waals surface area (Å²) < 4.78 is 0. The van der Waals surface area contributed by atoms with Crippen LogP contribution < -0.4 is 5.32 Å². The highest BCUT2D eigenvalue weighted by atomic mass is 16.4. The quantitative estimate of drug-likeness (QED) is 0.143. The summed E-state index contributed by atoms with van der Waals surface area (Å²) in [6.07, 6.45) is 8.67. The minimum Gasteiger partial charge on any atom is -0.480 e. The number of carboxylic acids is 1. The zero-order valence-corrected chi connectivity index (χ0v) is 18.4. The normalized spacial score (nSPS) is 16.7. The molecule has 0 saturated heterocycles. The molecule has 0 aliphatic rings. The number of hydrogen-bond acceptors (Lipinski definition) is 6. The third kappa shape index (κ3) is 13.7. The lowest BCUT2D eigenvalue weighted by Crippen LogP contribution is -2.55. The lowest BCUT2D eigenvalue weighted by molar-refractivity contribution is -0.149. The zero-order valence-electron chi connectivity index (χ0n) is 18.4. The van der Waals surface area contributed by atoms with Gasteiger partial charge in [0.1, 0.15) is 18.3 Å². The number of carboxylic acid groups (broad SMARTS) is 1. The second-order valence-corrected chi connectivity index (χ2v) is 7.91. The first kappa shape index (κ1) is 28.5. The van der Waals surface area contributed by atoms with Crippen molar-refractivity contribution in [3.05, 3.63) is 12.2 Å². The fourth-order valence-corrected chi connectivity index (χ4v) is 3.21. The summed E-state index contributed by atoms with van der Waals surface area (Å²) in [5.41, 5.74) is 0. The van der Waals surface area contributed by atoms with Gasteiger partial charge in [0.05, 0.1) is 6.10 Å². The number of carbonyl (C=O) groups excluding carboxylic acids is 1.